The lowest BCUT2D eigenvalue weighted by Crippen LogP contribution is -2.07. The van der Waals surface area contributed by atoms with E-state index in [1.165, 1.54) is 0 Å². The Bertz CT molecular complexity index is 278. The molecule has 0 aliphatic rings. The monoisotopic (exact) mass is 192 g/mol. The van der Waals surface area contributed by atoms with Gasteiger partial charge < -0.3 is 4.74 Å². The van der Waals surface area contributed by atoms with Crippen molar-refractivity contribution >= 4 is 5.97 Å². The molecule has 0 saturated heterocycles. The Hall–Kier alpha value is -1.31. The van der Waals surface area contributed by atoms with E-state index in [2.05, 4.69) is 0 Å². The first-order valence-corrected chi connectivity index (χ1v) is 4.88. The third-order valence-electron chi connectivity index (χ3n) is 1.82. The molecular formula is C12H16O2. The molecule has 0 atom stereocenters. The molecule has 1 aromatic rings. The molecule has 2 nitrogen and oxygen atoms in total. The summed E-state index contributed by atoms with van der Waals surface area (Å²) in [5, 5.41) is 0. The minimum atomic E-state index is -0.121. The number of rotatable bonds is 4. The molecule has 0 bridgehead atoms. The van der Waals surface area contributed by atoms with Crippen LogP contribution < -0.4 is 0 Å². The van der Waals surface area contributed by atoms with Crippen molar-refractivity contribution in [1.82, 2.24) is 0 Å². The van der Waals surface area contributed by atoms with Crippen LogP contribution in [0.2, 0.25) is 0 Å². The Morgan fingerprint density at radius 2 is 1.93 bits per heavy atom. The lowest BCUT2D eigenvalue weighted by Gasteiger charge is -2.06. The molecule has 1 rings (SSSR count). The van der Waals surface area contributed by atoms with Gasteiger partial charge in [-0.1, -0.05) is 44.2 Å². The van der Waals surface area contributed by atoms with Crippen molar-refractivity contribution in [3.63, 3.8) is 0 Å². The van der Waals surface area contributed by atoms with Crippen molar-refractivity contribution in [3.8, 4) is 0 Å². The summed E-state index contributed by atoms with van der Waals surface area (Å²) in [7, 11) is 0. The molecule has 0 aromatic heterocycles. The minimum absolute atomic E-state index is 0.121. The highest BCUT2D eigenvalue weighted by molar-refractivity contribution is 5.69. The maximum absolute atomic E-state index is 11.2. The van der Waals surface area contributed by atoms with Crippen LogP contribution in [-0.2, 0) is 16.1 Å². The summed E-state index contributed by atoms with van der Waals surface area (Å²) in [6, 6.07) is 9.71. The van der Waals surface area contributed by atoms with Gasteiger partial charge in [-0.05, 0) is 11.5 Å². The fraction of sp³-hybridized carbons (Fsp3) is 0.417. The van der Waals surface area contributed by atoms with E-state index in [9.17, 15) is 4.79 Å². The molecule has 0 amide bonds. The highest BCUT2D eigenvalue weighted by Crippen LogP contribution is 2.05. The van der Waals surface area contributed by atoms with Crippen LogP contribution in [0.3, 0.4) is 0 Å². The molecule has 14 heavy (non-hydrogen) atoms. The Labute approximate surface area is 84.9 Å². The third kappa shape index (κ3) is 4.08. The molecule has 0 radical (unpaired) electrons. The van der Waals surface area contributed by atoms with Gasteiger partial charge >= 0.3 is 5.97 Å². The average Bonchev–Trinajstić information content (AvgIpc) is 2.15. The standard InChI is InChI=1S/C12H16O2/c1-10(2)8-12(13)14-9-11-6-4-3-5-7-11/h3-7,10H,8-9H2,1-2H3. The summed E-state index contributed by atoms with van der Waals surface area (Å²) in [5.74, 6) is 0.238. The number of benzene rings is 1. The summed E-state index contributed by atoms with van der Waals surface area (Å²) in [6.45, 7) is 4.39. The van der Waals surface area contributed by atoms with Crippen molar-refractivity contribution in [2.24, 2.45) is 5.92 Å². The number of hydrogen-bond donors (Lipinski definition) is 0. The van der Waals surface area contributed by atoms with E-state index in [1.54, 1.807) is 0 Å². The van der Waals surface area contributed by atoms with Crippen LogP contribution in [0, 0.1) is 5.92 Å². The van der Waals surface area contributed by atoms with Crippen molar-refractivity contribution in [1.29, 1.82) is 0 Å². The van der Waals surface area contributed by atoms with Gasteiger partial charge in [-0.2, -0.15) is 0 Å². The number of hydrogen-bond acceptors (Lipinski definition) is 2. The average molecular weight is 192 g/mol. The van der Waals surface area contributed by atoms with Crippen LogP contribution in [0.15, 0.2) is 30.3 Å². The van der Waals surface area contributed by atoms with E-state index in [0.717, 1.165) is 5.56 Å². The topological polar surface area (TPSA) is 26.3 Å². The summed E-state index contributed by atoms with van der Waals surface area (Å²) in [5.41, 5.74) is 1.03. The zero-order valence-corrected chi connectivity index (χ0v) is 8.69. The summed E-state index contributed by atoms with van der Waals surface area (Å²) in [6.07, 6.45) is 0.493. The fourth-order valence-corrected chi connectivity index (χ4v) is 1.13. The second-order valence-corrected chi connectivity index (χ2v) is 3.74. The van der Waals surface area contributed by atoms with E-state index >= 15 is 0 Å². The normalized spacial score (nSPS) is 10.2. The Morgan fingerprint density at radius 3 is 2.50 bits per heavy atom. The van der Waals surface area contributed by atoms with Gasteiger partial charge in [-0.15, -0.1) is 0 Å². The molecule has 1 aromatic carbocycles. The highest BCUT2D eigenvalue weighted by atomic mass is 16.5. The largest absolute Gasteiger partial charge is 0.461 e. The predicted octanol–water partition coefficient (Wildman–Crippen LogP) is 2.78. The number of carbonyl (C=O) groups excluding carboxylic acids is 1. The molecule has 0 aliphatic carbocycles. The van der Waals surface area contributed by atoms with E-state index < -0.39 is 0 Å². The minimum Gasteiger partial charge on any atom is -0.461 e. The zero-order valence-electron chi connectivity index (χ0n) is 8.69. The van der Waals surface area contributed by atoms with Gasteiger partial charge in [0.25, 0.3) is 0 Å². The van der Waals surface area contributed by atoms with E-state index in [1.807, 2.05) is 44.2 Å². The Balaban J connectivity index is 2.31. The summed E-state index contributed by atoms with van der Waals surface area (Å²) >= 11 is 0. The second kappa shape index (κ2) is 5.43. The van der Waals surface area contributed by atoms with Crippen LogP contribution >= 0.6 is 0 Å². The maximum atomic E-state index is 11.2. The quantitative estimate of drug-likeness (QED) is 0.686. The SMILES string of the molecule is CC(C)CC(=O)OCc1ccccc1. The first-order valence-electron chi connectivity index (χ1n) is 4.88. The van der Waals surface area contributed by atoms with Crippen LogP contribution in [0.5, 0.6) is 0 Å². The molecule has 0 aliphatic heterocycles. The van der Waals surface area contributed by atoms with Crippen molar-refractivity contribution in [3.05, 3.63) is 35.9 Å². The van der Waals surface area contributed by atoms with E-state index in [4.69, 9.17) is 4.74 Å². The lowest BCUT2D eigenvalue weighted by molar-refractivity contribution is -0.145. The number of ether oxygens (including phenoxy) is 1. The molecule has 2 heteroatoms. The van der Waals surface area contributed by atoms with Crippen molar-refractivity contribution < 1.29 is 9.53 Å². The first kappa shape index (κ1) is 10.8. The molecule has 0 spiro atoms. The molecular weight excluding hydrogens is 176 g/mol. The number of esters is 1. The Morgan fingerprint density at radius 1 is 1.29 bits per heavy atom. The highest BCUT2D eigenvalue weighted by Gasteiger charge is 2.05. The van der Waals surface area contributed by atoms with Gasteiger partial charge in [-0.3, -0.25) is 4.79 Å². The Kier molecular flexibility index (Phi) is 4.17. The van der Waals surface area contributed by atoms with E-state index in [0.29, 0.717) is 18.9 Å². The van der Waals surface area contributed by atoms with Gasteiger partial charge in [0, 0.05) is 6.42 Å². The van der Waals surface area contributed by atoms with Gasteiger partial charge in [0.1, 0.15) is 6.61 Å². The van der Waals surface area contributed by atoms with Crippen LogP contribution in [0.1, 0.15) is 25.8 Å². The molecule has 0 heterocycles. The third-order valence-corrected chi connectivity index (χ3v) is 1.82. The van der Waals surface area contributed by atoms with Gasteiger partial charge in [0.15, 0.2) is 0 Å². The summed E-state index contributed by atoms with van der Waals surface area (Å²) < 4.78 is 5.10. The van der Waals surface area contributed by atoms with Crippen LogP contribution in [0.25, 0.3) is 0 Å². The first-order chi connectivity index (χ1) is 6.68. The van der Waals surface area contributed by atoms with Crippen molar-refractivity contribution in [2.45, 2.75) is 26.9 Å². The zero-order chi connectivity index (χ0) is 10.4. The van der Waals surface area contributed by atoms with Gasteiger partial charge in [-0.25, -0.2) is 0 Å². The molecule has 76 valence electrons. The molecule has 0 saturated carbocycles. The molecule has 0 fully saturated rings. The van der Waals surface area contributed by atoms with Gasteiger partial charge in [0.2, 0.25) is 0 Å². The van der Waals surface area contributed by atoms with Gasteiger partial charge in [0.05, 0.1) is 0 Å². The van der Waals surface area contributed by atoms with Crippen LogP contribution in [0.4, 0.5) is 0 Å². The van der Waals surface area contributed by atoms with Crippen molar-refractivity contribution in [2.75, 3.05) is 0 Å². The second-order valence-electron chi connectivity index (χ2n) is 3.74. The summed E-state index contributed by atoms with van der Waals surface area (Å²) in [4.78, 5) is 11.2. The number of carbonyl (C=O) groups is 1. The molecule has 0 unspecified atom stereocenters. The lowest BCUT2D eigenvalue weighted by atomic mass is 10.1. The molecule has 0 N–H and O–H groups in total. The maximum Gasteiger partial charge on any atom is 0.306 e. The van der Waals surface area contributed by atoms with Crippen LogP contribution in [-0.4, -0.2) is 5.97 Å². The van der Waals surface area contributed by atoms with E-state index in [-0.39, 0.29) is 5.97 Å². The smallest absolute Gasteiger partial charge is 0.306 e. The fourth-order valence-electron chi connectivity index (χ4n) is 1.13. The predicted molar refractivity (Wildman–Crippen MR) is 55.7 cm³/mol.